The standard InChI is InChI=1S/C15H24O2Si/c1-6-13-7-9-14(10-8-13)18-15(16-11(2)3)17-12(4)5/h6-12,15H,1,18H2,2-5H3. The highest BCUT2D eigenvalue weighted by Crippen LogP contribution is 2.04. The summed E-state index contributed by atoms with van der Waals surface area (Å²) < 4.78 is 11.7. The molecule has 0 spiro atoms. The lowest BCUT2D eigenvalue weighted by atomic mass is 10.2. The van der Waals surface area contributed by atoms with Crippen LogP contribution in [0.2, 0.25) is 0 Å². The van der Waals surface area contributed by atoms with Crippen LogP contribution in [0.3, 0.4) is 0 Å². The fourth-order valence-electron chi connectivity index (χ4n) is 1.72. The van der Waals surface area contributed by atoms with E-state index in [-0.39, 0.29) is 18.1 Å². The second-order valence-electron chi connectivity index (χ2n) is 4.95. The first-order valence-electron chi connectivity index (χ1n) is 6.53. The van der Waals surface area contributed by atoms with Gasteiger partial charge in [-0.1, -0.05) is 42.1 Å². The van der Waals surface area contributed by atoms with Crippen molar-refractivity contribution in [1.82, 2.24) is 0 Å². The minimum Gasteiger partial charge on any atom is -0.354 e. The van der Waals surface area contributed by atoms with Crippen LogP contribution < -0.4 is 5.19 Å². The Kier molecular flexibility index (Phi) is 6.33. The summed E-state index contributed by atoms with van der Waals surface area (Å²) in [5, 5.41) is 1.35. The molecular formula is C15H24O2Si. The SMILES string of the molecule is C=Cc1ccc([SiH2]C(OC(C)C)OC(C)C)cc1. The zero-order valence-electron chi connectivity index (χ0n) is 11.8. The van der Waals surface area contributed by atoms with E-state index in [1.165, 1.54) is 5.19 Å². The van der Waals surface area contributed by atoms with Gasteiger partial charge in [0.05, 0.1) is 12.2 Å². The molecule has 100 valence electrons. The molecule has 0 radical (unpaired) electrons. The Bertz CT molecular complexity index is 347. The molecule has 0 N–H and O–H groups in total. The predicted octanol–water partition coefficient (Wildman–Crippen LogP) is 2.26. The van der Waals surface area contributed by atoms with E-state index >= 15 is 0 Å². The van der Waals surface area contributed by atoms with Gasteiger partial charge in [-0.3, -0.25) is 0 Å². The molecule has 0 unspecified atom stereocenters. The molecule has 0 fully saturated rings. The molecule has 0 amide bonds. The lowest BCUT2D eigenvalue weighted by molar-refractivity contribution is -0.133. The van der Waals surface area contributed by atoms with Crippen molar-refractivity contribution in [3.05, 3.63) is 36.4 Å². The van der Waals surface area contributed by atoms with E-state index in [1.807, 2.05) is 33.8 Å². The molecule has 1 aromatic carbocycles. The molecule has 18 heavy (non-hydrogen) atoms. The van der Waals surface area contributed by atoms with Crippen molar-refractivity contribution < 1.29 is 9.47 Å². The van der Waals surface area contributed by atoms with Crippen molar-refractivity contribution in [2.45, 2.75) is 45.8 Å². The Morgan fingerprint density at radius 3 is 1.89 bits per heavy atom. The Morgan fingerprint density at radius 1 is 1.00 bits per heavy atom. The molecule has 3 heteroatoms. The van der Waals surface area contributed by atoms with E-state index in [2.05, 4.69) is 30.8 Å². The molecule has 0 heterocycles. The maximum Gasteiger partial charge on any atom is 0.140 e. The highest BCUT2D eigenvalue weighted by Gasteiger charge is 2.14. The number of hydrogen-bond donors (Lipinski definition) is 0. The smallest absolute Gasteiger partial charge is 0.140 e. The van der Waals surface area contributed by atoms with Crippen LogP contribution in [0.25, 0.3) is 6.08 Å². The van der Waals surface area contributed by atoms with E-state index < -0.39 is 9.52 Å². The first-order valence-corrected chi connectivity index (χ1v) is 8.06. The van der Waals surface area contributed by atoms with Crippen molar-refractivity contribution in [1.29, 1.82) is 0 Å². The highest BCUT2D eigenvalue weighted by molar-refractivity contribution is 6.54. The van der Waals surface area contributed by atoms with E-state index in [9.17, 15) is 0 Å². The van der Waals surface area contributed by atoms with Crippen LogP contribution in [0.5, 0.6) is 0 Å². The van der Waals surface area contributed by atoms with Crippen molar-refractivity contribution in [2.75, 3.05) is 0 Å². The van der Waals surface area contributed by atoms with Crippen LogP contribution in [-0.2, 0) is 9.47 Å². The second kappa shape index (κ2) is 7.51. The zero-order valence-corrected chi connectivity index (χ0v) is 13.3. The summed E-state index contributed by atoms with van der Waals surface area (Å²) in [5.74, 6) is -0.0421. The van der Waals surface area contributed by atoms with Gasteiger partial charge >= 0.3 is 0 Å². The van der Waals surface area contributed by atoms with Crippen molar-refractivity contribution in [3.63, 3.8) is 0 Å². The Labute approximate surface area is 113 Å². The molecule has 1 aromatic rings. The maximum absolute atomic E-state index is 5.84. The van der Waals surface area contributed by atoms with Crippen LogP contribution in [0.4, 0.5) is 0 Å². The van der Waals surface area contributed by atoms with Gasteiger partial charge in [-0.2, -0.15) is 0 Å². The maximum atomic E-state index is 5.84. The van der Waals surface area contributed by atoms with Gasteiger partial charge in [0.2, 0.25) is 0 Å². The van der Waals surface area contributed by atoms with Crippen LogP contribution in [0, 0.1) is 0 Å². The summed E-state index contributed by atoms with van der Waals surface area (Å²) in [6.45, 7) is 12.0. The average Bonchev–Trinajstić information content (AvgIpc) is 2.28. The summed E-state index contributed by atoms with van der Waals surface area (Å²) >= 11 is 0. The van der Waals surface area contributed by atoms with Crippen LogP contribution in [0.15, 0.2) is 30.8 Å². The Morgan fingerprint density at radius 2 is 1.50 bits per heavy atom. The van der Waals surface area contributed by atoms with Crippen LogP contribution in [-0.4, -0.2) is 27.6 Å². The number of hydrogen-bond acceptors (Lipinski definition) is 2. The summed E-state index contributed by atoms with van der Waals surface area (Å²) in [7, 11) is -0.585. The molecule has 0 saturated heterocycles. The van der Waals surface area contributed by atoms with E-state index in [4.69, 9.17) is 9.47 Å². The number of ether oxygens (including phenoxy) is 2. The molecule has 0 atom stereocenters. The highest BCUT2D eigenvalue weighted by atomic mass is 28.2. The third-order valence-corrected chi connectivity index (χ3v) is 4.13. The van der Waals surface area contributed by atoms with Gasteiger partial charge in [0.1, 0.15) is 15.4 Å². The van der Waals surface area contributed by atoms with Crippen LogP contribution >= 0.6 is 0 Å². The van der Waals surface area contributed by atoms with Crippen LogP contribution in [0.1, 0.15) is 33.3 Å². The second-order valence-corrected chi connectivity index (χ2v) is 6.84. The summed E-state index contributed by atoms with van der Waals surface area (Å²) in [4.78, 5) is 0. The molecule has 0 saturated carbocycles. The van der Waals surface area contributed by atoms with Crippen molar-refractivity contribution in [3.8, 4) is 0 Å². The third-order valence-electron chi connectivity index (χ3n) is 2.47. The molecule has 0 bridgehead atoms. The Balaban J connectivity index is 2.65. The molecular weight excluding hydrogens is 240 g/mol. The fourth-order valence-corrected chi connectivity index (χ4v) is 3.57. The summed E-state index contributed by atoms with van der Waals surface area (Å²) in [6, 6.07) is 8.50. The third kappa shape index (κ3) is 5.62. The topological polar surface area (TPSA) is 18.5 Å². The quantitative estimate of drug-likeness (QED) is 0.555. The monoisotopic (exact) mass is 264 g/mol. The normalized spacial score (nSPS) is 12.2. The molecule has 0 aliphatic rings. The van der Waals surface area contributed by atoms with E-state index in [1.54, 1.807) is 0 Å². The van der Waals surface area contributed by atoms with Crippen molar-refractivity contribution in [2.24, 2.45) is 0 Å². The number of rotatable bonds is 7. The van der Waals surface area contributed by atoms with E-state index in [0.29, 0.717) is 0 Å². The van der Waals surface area contributed by atoms with Gasteiger partial charge in [-0.25, -0.2) is 0 Å². The first-order chi connectivity index (χ1) is 8.51. The van der Waals surface area contributed by atoms with Gasteiger partial charge in [0.25, 0.3) is 0 Å². The van der Waals surface area contributed by atoms with Gasteiger partial charge in [-0.15, -0.1) is 0 Å². The first kappa shape index (κ1) is 15.2. The lowest BCUT2D eigenvalue weighted by Gasteiger charge is -2.23. The molecule has 1 rings (SSSR count). The summed E-state index contributed by atoms with van der Waals surface area (Å²) in [6.07, 6.45) is 2.26. The summed E-state index contributed by atoms with van der Waals surface area (Å²) in [5.41, 5.74) is 1.15. The fraction of sp³-hybridized carbons (Fsp3) is 0.467. The molecule has 0 aromatic heterocycles. The van der Waals surface area contributed by atoms with Crippen molar-refractivity contribution >= 4 is 20.8 Å². The molecule has 0 aliphatic heterocycles. The lowest BCUT2D eigenvalue weighted by Crippen LogP contribution is -2.36. The van der Waals surface area contributed by atoms with Gasteiger partial charge in [0.15, 0.2) is 0 Å². The number of benzene rings is 1. The average molecular weight is 264 g/mol. The Hall–Kier alpha value is -0.903. The largest absolute Gasteiger partial charge is 0.354 e. The van der Waals surface area contributed by atoms with Gasteiger partial charge < -0.3 is 9.47 Å². The minimum atomic E-state index is -0.585. The van der Waals surface area contributed by atoms with E-state index in [0.717, 1.165) is 5.56 Å². The predicted molar refractivity (Wildman–Crippen MR) is 80.9 cm³/mol. The molecule has 2 nitrogen and oxygen atoms in total. The van der Waals surface area contributed by atoms with Gasteiger partial charge in [-0.05, 0) is 33.3 Å². The minimum absolute atomic E-state index is 0.0421. The zero-order chi connectivity index (χ0) is 13.5. The van der Waals surface area contributed by atoms with Gasteiger partial charge in [0, 0.05) is 0 Å². The molecule has 0 aliphatic carbocycles.